The molecule has 0 bridgehead atoms. The van der Waals surface area contributed by atoms with E-state index < -0.39 is 11.9 Å². The summed E-state index contributed by atoms with van der Waals surface area (Å²) in [5.41, 5.74) is 3.24. The maximum absolute atomic E-state index is 11.0. The molecule has 1 aromatic rings. The fourth-order valence-corrected chi connectivity index (χ4v) is 2.22. The van der Waals surface area contributed by atoms with Gasteiger partial charge in [0.1, 0.15) is 5.75 Å². The molecule has 1 unspecified atom stereocenters. The van der Waals surface area contributed by atoms with Crippen molar-refractivity contribution in [3.8, 4) is 5.75 Å². The van der Waals surface area contributed by atoms with Crippen LogP contribution in [0.3, 0.4) is 0 Å². The van der Waals surface area contributed by atoms with E-state index in [1.807, 2.05) is 24.3 Å². The zero-order chi connectivity index (χ0) is 12.4. The summed E-state index contributed by atoms with van der Waals surface area (Å²) in [6.45, 7) is 1.74. The Kier molecular flexibility index (Phi) is 3.18. The van der Waals surface area contributed by atoms with Crippen molar-refractivity contribution < 1.29 is 14.6 Å². The first-order valence-corrected chi connectivity index (χ1v) is 5.72. The summed E-state index contributed by atoms with van der Waals surface area (Å²) in [5.74, 6) is -0.280. The zero-order valence-electron chi connectivity index (χ0n) is 10.1. The van der Waals surface area contributed by atoms with Crippen molar-refractivity contribution in [2.45, 2.75) is 19.8 Å². The average Bonchev–Trinajstić information content (AvgIpc) is 2.36. The van der Waals surface area contributed by atoms with Crippen molar-refractivity contribution in [1.29, 1.82) is 0 Å². The molecule has 3 heteroatoms. The van der Waals surface area contributed by atoms with Crippen LogP contribution in [0.1, 0.15) is 24.5 Å². The SMILES string of the molecule is COc1cccc2c1CCC(C(C)C(=O)O)=C2. The zero-order valence-corrected chi connectivity index (χ0v) is 10.1. The van der Waals surface area contributed by atoms with E-state index in [0.29, 0.717) is 0 Å². The molecule has 90 valence electrons. The lowest BCUT2D eigenvalue weighted by Crippen LogP contribution is -2.15. The van der Waals surface area contributed by atoms with E-state index in [0.717, 1.165) is 29.7 Å². The number of rotatable bonds is 3. The topological polar surface area (TPSA) is 46.5 Å². The summed E-state index contributed by atoms with van der Waals surface area (Å²) in [6.07, 6.45) is 3.63. The van der Waals surface area contributed by atoms with Gasteiger partial charge in [0, 0.05) is 5.56 Å². The number of aliphatic carboxylic acids is 1. The van der Waals surface area contributed by atoms with E-state index in [1.54, 1.807) is 14.0 Å². The third-order valence-electron chi connectivity index (χ3n) is 3.32. The second-order valence-corrected chi connectivity index (χ2v) is 4.31. The van der Waals surface area contributed by atoms with Gasteiger partial charge < -0.3 is 9.84 Å². The number of carboxylic acids is 1. The van der Waals surface area contributed by atoms with Gasteiger partial charge in [0.15, 0.2) is 0 Å². The van der Waals surface area contributed by atoms with E-state index in [1.165, 1.54) is 5.56 Å². The van der Waals surface area contributed by atoms with E-state index in [-0.39, 0.29) is 0 Å². The summed E-state index contributed by atoms with van der Waals surface area (Å²) in [7, 11) is 1.66. The summed E-state index contributed by atoms with van der Waals surface area (Å²) in [4.78, 5) is 11.0. The van der Waals surface area contributed by atoms with Gasteiger partial charge in [0.2, 0.25) is 0 Å². The Morgan fingerprint density at radius 3 is 2.82 bits per heavy atom. The summed E-state index contributed by atoms with van der Waals surface area (Å²) < 4.78 is 5.31. The minimum absolute atomic E-state index is 0.408. The molecule has 0 radical (unpaired) electrons. The van der Waals surface area contributed by atoms with Crippen LogP contribution in [0, 0.1) is 5.92 Å². The second-order valence-electron chi connectivity index (χ2n) is 4.31. The molecule has 0 aliphatic heterocycles. The number of carboxylic acid groups (broad SMARTS) is 1. The fourth-order valence-electron chi connectivity index (χ4n) is 2.22. The molecular formula is C14H16O3. The average molecular weight is 232 g/mol. The van der Waals surface area contributed by atoms with E-state index >= 15 is 0 Å². The van der Waals surface area contributed by atoms with E-state index in [2.05, 4.69) is 0 Å². The number of benzene rings is 1. The highest BCUT2D eigenvalue weighted by atomic mass is 16.5. The molecule has 0 heterocycles. The number of ether oxygens (including phenoxy) is 1. The first-order chi connectivity index (χ1) is 8.13. The number of methoxy groups -OCH3 is 1. The number of hydrogen-bond acceptors (Lipinski definition) is 2. The third-order valence-corrected chi connectivity index (χ3v) is 3.32. The first kappa shape index (κ1) is 11.7. The molecule has 0 saturated heterocycles. The lowest BCUT2D eigenvalue weighted by molar-refractivity contribution is -0.139. The van der Waals surface area contributed by atoms with Crippen LogP contribution < -0.4 is 4.74 Å². The molecule has 1 aliphatic carbocycles. The van der Waals surface area contributed by atoms with Gasteiger partial charge in [-0.15, -0.1) is 0 Å². The summed E-state index contributed by atoms with van der Waals surface area (Å²) >= 11 is 0. The van der Waals surface area contributed by atoms with Crippen LogP contribution in [0.5, 0.6) is 5.75 Å². The van der Waals surface area contributed by atoms with Gasteiger partial charge in [-0.1, -0.05) is 23.8 Å². The standard InChI is InChI=1S/C14H16O3/c1-9(14(15)16)10-6-7-12-11(8-10)4-3-5-13(12)17-2/h3-5,8-9H,6-7H2,1-2H3,(H,15,16). The highest BCUT2D eigenvalue weighted by molar-refractivity contribution is 5.77. The van der Waals surface area contributed by atoms with Crippen molar-refractivity contribution >= 4 is 12.0 Å². The Morgan fingerprint density at radius 2 is 2.18 bits per heavy atom. The largest absolute Gasteiger partial charge is 0.496 e. The van der Waals surface area contributed by atoms with E-state index in [9.17, 15) is 4.79 Å². The molecule has 1 atom stereocenters. The van der Waals surface area contributed by atoms with Gasteiger partial charge in [-0.05, 0) is 31.4 Å². The minimum Gasteiger partial charge on any atom is -0.496 e. The normalized spacial score (nSPS) is 15.8. The van der Waals surface area contributed by atoms with Crippen LogP contribution in [0.2, 0.25) is 0 Å². The van der Waals surface area contributed by atoms with Gasteiger partial charge >= 0.3 is 5.97 Å². The van der Waals surface area contributed by atoms with Crippen molar-refractivity contribution in [1.82, 2.24) is 0 Å². The van der Waals surface area contributed by atoms with Gasteiger partial charge in [-0.25, -0.2) is 0 Å². The van der Waals surface area contributed by atoms with Crippen molar-refractivity contribution in [3.05, 3.63) is 34.9 Å². The molecular weight excluding hydrogens is 216 g/mol. The van der Waals surface area contributed by atoms with Crippen molar-refractivity contribution in [2.24, 2.45) is 5.92 Å². The molecule has 0 spiro atoms. The van der Waals surface area contributed by atoms with Crippen LogP contribution in [-0.2, 0) is 11.2 Å². The molecule has 1 aliphatic rings. The molecule has 0 amide bonds. The predicted octanol–water partition coefficient (Wildman–Crippen LogP) is 2.75. The van der Waals surface area contributed by atoms with Crippen LogP contribution in [0.25, 0.3) is 6.08 Å². The highest BCUT2D eigenvalue weighted by Crippen LogP contribution is 2.33. The van der Waals surface area contributed by atoms with Crippen molar-refractivity contribution in [2.75, 3.05) is 7.11 Å². The number of hydrogen-bond donors (Lipinski definition) is 1. The molecule has 17 heavy (non-hydrogen) atoms. The summed E-state index contributed by atoms with van der Waals surface area (Å²) in [5, 5.41) is 9.02. The lowest BCUT2D eigenvalue weighted by atomic mass is 9.86. The van der Waals surface area contributed by atoms with Crippen LogP contribution >= 0.6 is 0 Å². The van der Waals surface area contributed by atoms with Gasteiger partial charge in [-0.2, -0.15) is 0 Å². The Hall–Kier alpha value is -1.77. The first-order valence-electron chi connectivity index (χ1n) is 5.72. The van der Waals surface area contributed by atoms with Gasteiger partial charge in [-0.3, -0.25) is 4.79 Å². The van der Waals surface area contributed by atoms with Crippen molar-refractivity contribution in [3.63, 3.8) is 0 Å². The molecule has 1 aromatic carbocycles. The highest BCUT2D eigenvalue weighted by Gasteiger charge is 2.21. The second kappa shape index (κ2) is 4.62. The molecule has 0 aromatic heterocycles. The lowest BCUT2D eigenvalue weighted by Gasteiger charge is -2.20. The Balaban J connectivity index is 2.38. The Morgan fingerprint density at radius 1 is 1.41 bits per heavy atom. The fraction of sp³-hybridized carbons (Fsp3) is 0.357. The number of fused-ring (bicyclic) bond motifs is 1. The Labute approximate surface area is 101 Å². The minimum atomic E-state index is -0.761. The van der Waals surface area contributed by atoms with Crippen LogP contribution in [-0.4, -0.2) is 18.2 Å². The maximum Gasteiger partial charge on any atom is 0.310 e. The van der Waals surface area contributed by atoms with Gasteiger partial charge in [0.05, 0.1) is 13.0 Å². The smallest absolute Gasteiger partial charge is 0.310 e. The third kappa shape index (κ3) is 2.18. The number of carbonyl (C=O) groups is 1. The maximum atomic E-state index is 11.0. The molecule has 0 fully saturated rings. The monoisotopic (exact) mass is 232 g/mol. The van der Waals surface area contributed by atoms with Gasteiger partial charge in [0.25, 0.3) is 0 Å². The molecule has 3 nitrogen and oxygen atoms in total. The molecule has 1 N–H and O–H groups in total. The molecule has 0 saturated carbocycles. The quantitative estimate of drug-likeness (QED) is 0.871. The van der Waals surface area contributed by atoms with Crippen LogP contribution in [0.15, 0.2) is 23.8 Å². The Bertz CT molecular complexity index is 474. The predicted molar refractivity (Wildman–Crippen MR) is 66.1 cm³/mol. The van der Waals surface area contributed by atoms with Crippen LogP contribution in [0.4, 0.5) is 0 Å². The summed E-state index contributed by atoms with van der Waals surface area (Å²) in [6, 6.07) is 5.88. The van der Waals surface area contributed by atoms with E-state index in [4.69, 9.17) is 9.84 Å². The molecule has 2 rings (SSSR count).